The van der Waals surface area contributed by atoms with Gasteiger partial charge in [-0.2, -0.15) is 0 Å². The molecule has 0 N–H and O–H groups in total. The maximum Gasteiger partial charge on any atom is 0.153 e. The molecular weight excluding hydrogens is 280 g/mol. The first kappa shape index (κ1) is 12.4. The number of aldehydes is 1. The fourth-order valence-electron chi connectivity index (χ4n) is 1.42. The van der Waals surface area contributed by atoms with Crippen molar-refractivity contribution < 1.29 is 4.79 Å². The van der Waals surface area contributed by atoms with E-state index in [0.717, 1.165) is 0 Å². The summed E-state index contributed by atoms with van der Waals surface area (Å²) in [5.41, 5.74) is 1.73. The smallest absolute Gasteiger partial charge is 0.153 e. The third-order valence-corrected chi connectivity index (χ3v) is 3.39. The van der Waals surface area contributed by atoms with Crippen molar-refractivity contribution in [3.63, 3.8) is 0 Å². The van der Waals surface area contributed by atoms with Crippen molar-refractivity contribution in [3.05, 3.63) is 51.2 Å². The second-order valence-corrected chi connectivity index (χ2v) is 4.47. The lowest BCUT2D eigenvalue weighted by Crippen LogP contribution is -1.89. The lowest BCUT2D eigenvalue weighted by atomic mass is 10.1. The van der Waals surface area contributed by atoms with Crippen LogP contribution in [0.5, 0.6) is 0 Å². The van der Waals surface area contributed by atoms with Crippen molar-refractivity contribution in [2.24, 2.45) is 0 Å². The number of carbonyl (C=O) groups excluding carboxylic acids is 1. The Morgan fingerprint density at radius 2 is 1.94 bits per heavy atom. The van der Waals surface area contributed by atoms with Crippen molar-refractivity contribution in [3.8, 4) is 11.1 Å². The quantitative estimate of drug-likeness (QED) is 0.600. The van der Waals surface area contributed by atoms with E-state index in [1.165, 1.54) is 0 Å². The lowest BCUT2D eigenvalue weighted by molar-refractivity contribution is 0.112. The summed E-state index contributed by atoms with van der Waals surface area (Å²) in [6, 6.07) is 6.89. The molecule has 2 aromatic rings. The van der Waals surface area contributed by atoms with Gasteiger partial charge in [0.05, 0.1) is 15.6 Å². The summed E-state index contributed by atoms with van der Waals surface area (Å²) in [7, 11) is 0. The monoisotopic (exact) mass is 285 g/mol. The van der Waals surface area contributed by atoms with E-state index in [4.69, 9.17) is 34.8 Å². The number of hydrogen-bond acceptors (Lipinski definition) is 2. The summed E-state index contributed by atoms with van der Waals surface area (Å²) < 4.78 is 0. The summed E-state index contributed by atoms with van der Waals surface area (Å²) in [6.45, 7) is 0. The number of pyridine rings is 1. The first-order valence-corrected chi connectivity index (χ1v) is 5.82. The Kier molecular flexibility index (Phi) is 3.67. The second kappa shape index (κ2) is 5.05. The van der Waals surface area contributed by atoms with Crippen molar-refractivity contribution in [1.29, 1.82) is 0 Å². The standard InChI is InChI=1S/C12H6Cl3NO/c13-10-3-1-2-9(11(10)14)7-4-8(6-17)12(15)16-5-7/h1-6H. The molecule has 0 atom stereocenters. The lowest BCUT2D eigenvalue weighted by Gasteiger charge is -2.06. The van der Waals surface area contributed by atoms with Crippen LogP contribution < -0.4 is 0 Å². The van der Waals surface area contributed by atoms with Crippen LogP contribution in [0.15, 0.2) is 30.5 Å². The van der Waals surface area contributed by atoms with Crippen LogP contribution in [0.1, 0.15) is 10.4 Å². The molecule has 0 bridgehead atoms. The normalized spacial score (nSPS) is 10.3. The summed E-state index contributed by atoms with van der Waals surface area (Å²) >= 11 is 17.8. The molecule has 1 heterocycles. The van der Waals surface area contributed by atoms with Crippen LogP contribution in [0.3, 0.4) is 0 Å². The van der Waals surface area contributed by atoms with Crippen LogP contribution in [0.25, 0.3) is 11.1 Å². The van der Waals surface area contributed by atoms with E-state index >= 15 is 0 Å². The van der Waals surface area contributed by atoms with E-state index in [2.05, 4.69) is 4.98 Å². The summed E-state index contributed by atoms with van der Waals surface area (Å²) in [5.74, 6) is 0. The van der Waals surface area contributed by atoms with Gasteiger partial charge < -0.3 is 0 Å². The van der Waals surface area contributed by atoms with Gasteiger partial charge in [0.2, 0.25) is 0 Å². The highest BCUT2D eigenvalue weighted by Crippen LogP contribution is 2.33. The fourth-order valence-corrected chi connectivity index (χ4v) is 1.98. The fraction of sp³-hybridized carbons (Fsp3) is 0. The number of hydrogen-bond donors (Lipinski definition) is 0. The zero-order valence-electron chi connectivity index (χ0n) is 8.45. The molecule has 0 amide bonds. The third-order valence-electron chi connectivity index (χ3n) is 2.26. The molecule has 17 heavy (non-hydrogen) atoms. The average molecular weight is 287 g/mol. The van der Waals surface area contributed by atoms with Gasteiger partial charge in [-0.1, -0.05) is 46.9 Å². The molecule has 5 heteroatoms. The predicted molar refractivity (Wildman–Crippen MR) is 70.1 cm³/mol. The topological polar surface area (TPSA) is 30.0 Å². The molecule has 2 rings (SSSR count). The Morgan fingerprint density at radius 3 is 2.65 bits per heavy atom. The number of aromatic nitrogens is 1. The number of carbonyl (C=O) groups is 1. The van der Waals surface area contributed by atoms with E-state index in [-0.39, 0.29) is 5.15 Å². The maximum atomic E-state index is 10.8. The molecule has 0 aliphatic carbocycles. The Bertz CT molecular complexity index is 584. The molecule has 0 aliphatic heterocycles. The number of benzene rings is 1. The molecule has 0 saturated carbocycles. The summed E-state index contributed by atoms with van der Waals surface area (Å²) in [5, 5.41) is 1.05. The first-order chi connectivity index (χ1) is 8.13. The maximum absolute atomic E-state index is 10.8. The first-order valence-electron chi connectivity index (χ1n) is 4.68. The van der Waals surface area contributed by atoms with Crippen LogP contribution >= 0.6 is 34.8 Å². The Balaban J connectivity index is 2.61. The number of halogens is 3. The van der Waals surface area contributed by atoms with Gasteiger partial charge in [-0.05, 0) is 12.1 Å². The highest BCUT2D eigenvalue weighted by molar-refractivity contribution is 6.43. The highest BCUT2D eigenvalue weighted by Gasteiger charge is 2.09. The molecule has 0 spiro atoms. The average Bonchev–Trinajstić information content (AvgIpc) is 2.34. The minimum atomic E-state index is 0.168. The molecule has 86 valence electrons. The van der Waals surface area contributed by atoms with E-state index in [0.29, 0.717) is 33.0 Å². The molecule has 2 nitrogen and oxygen atoms in total. The van der Waals surface area contributed by atoms with Crippen LogP contribution in [0, 0.1) is 0 Å². The minimum absolute atomic E-state index is 0.168. The van der Waals surface area contributed by atoms with Crippen molar-refractivity contribution >= 4 is 41.1 Å². The Labute approximate surface area is 113 Å². The minimum Gasteiger partial charge on any atom is -0.298 e. The van der Waals surface area contributed by atoms with Crippen molar-refractivity contribution in [2.75, 3.05) is 0 Å². The van der Waals surface area contributed by atoms with Crippen LogP contribution in [-0.2, 0) is 0 Å². The van der Waals surface area contributed by atoms with Gasteiger partial charge in [0.25, 0.3) is 0 Å². The predicted octanol–water partition coefficient (Wildman–Crippen LogP) is 4.52. The molecule has 0 aliphatic rings. The molecule has 1 aromatic carbocycles. The molecule has 1 aromatic heterocycles. The van der Waals surface area contributed by atoms with E-state index in [1.807, 2.05) is 0 Å². The van der Waals surface area contributed by atoms with Gasteiger partial charge in [0, 0.05) is 17.3 Å². The SMILES string of the molecule is O=Cc1cc(-c2cccc(Cl)c2Cl)cnc1Cl. The van der Waals surface area contributed by atoms with Gasteiger partial charge in [0.15, 0.2) is 6.29 Å². The Hall–Kier alpha value is -1.09. The molecule has 0 unspecified atom stereocenters. The zero-order chi connectivity index (χ0) is 12.4. The van der Waals surface area contributed by atoms with E-state index < -0.39 is 0 Å². The van der Waals surface area contributed by atoms with E-state index in [1.54, 1.807) is 30.5 Å². The van der Waals surface area contributed by atoms with Crippen molar-refractivity contribution in [1.82, 2.24) is 4.98 Å². The molecular formula is C12H6Cl3NO. The molecule has 0 radical (unpaired) electrons. The van der Waals surface area contributed by atoms with Gasteiger partial charge in [-0.25, -0.2) is 4.98 Å². The van der Waals surface area contributed by atoms with Gasteiger partial charge in [0.1, 0.15) is 5.15 Å². The largest absolute Gasteiger partial charge is 0.298 e. The zero-order valence-corrected chi connectivity index (χ0v) is 10.7. The van der Waals surface area contributed by atoms with Gasteiger partial charge >= 0.3 is 0 Å². The van der Waals surface area contributed by atoms with Crippen LogP contribution in [0.4, 0.5) is 0 Å². The highest BCUT2D eigenvalue weighted by atomic mass is 35.5. The second-order valence-electron chi connectivity index (χ2n) is 3.32. The van der Waals surface area contributed by atoms with E-state index in [9.17, 15) is 4.79 Å². The number of rotatable bonds is 2. The summed E-state index contributed by atoms with van der Waals surface area (Å²) in [4.78, 5) is 14.7. The van der Waals surface area contributed by atoms with Crippen LogP contribution in [-0.4, -0.2) is 11.3 Å². The van der Waals surface area contributed by atoms with Gasteiger partial charge in [-0.3, -0.25) is 4.79 Å². The summed E-state index contributed by atoms with van der Waals surface area (Å²) in [6.07, 6.45) is 2.20. The molecule has 0 saturated heterocycles. The van der Waals surface area contributed by atoms with Crippen molar-refractivity contribution in [2.45, 2.75) is 0 Å². The van der Waals surface area contributed by atoms with Crippen LogP contribution in [0.2, 0.25) is 15.2 Å². The molecule has 0 fully saturated rings. The number of nitrogens with zero attached hydrogens (tertiary/aromatic N) is 1. The van der Waals surface area contributed by atoms with Gasteiger partial charge in [-0.15, -0.1) is 0 Å². The third kappa shape index (κ3) is 2.44. The Morgan fingerprint density at radius 1 is 1.18 bits per heavy atom.